The topological polar surface area (TPSA) is 64.3 Å². The second-order valence-electron chi connectivity index (χ2n) is 7.52. The molecule has 1 N–H and O–H groups in total. The zero-order valence-corrected chi connectivity index (χ0v) is 17.1. The lowest BCUT2D eigenvalue weighted by Gasteiger charge is -2.24. The molecule has 0 spiro atoms. The van der Waals surface area contributed by atoms with Crippen LogP contribution in [0.3, 0.4) is 0 Å². The second kappa shape index (κ2) is 9.80. The molecule has 0 bridgehead atoms. The molecule has 0 amide bonds. The number of furan rings is 1. The average molecular weight is 409 g/mol. The first-order valence-electron chi connectivity index (χ1n) is 10.1. The number of hydrogen-bond acceptors (Lipinski definition) is 6. The van der Waals surface area contributed by atoms with Crippen LogP contribution in [-0.2, 0) is 24.4 Å². The summed E-state index contributed by atoms with van der Waals surface area (Å²) in [4.78, 5) is 2.15. The highest BCUT2D eigenvalue weighted by Crippen LogP contribution is 2.33. The molecule has 1 unspecified atom stereocenters. The molecule has 3 aromatic rings. The molecule has 2 heterocycles. The highest BCUT2D eigenvalue weighted by molar-refractivity contribution is 5.44. The number of hydrogen-bond donors (Lipinski definition) is 1. The summed E-state index contributed by atoms with van der Waals surface area (Å²) in [7, 11) is 0. The van der Waals surface area contributed by atoms with Crippen molar-refractivity contribution in [2.45, 2.75) is 32.7 Å². The molecule has 2 aromatic carbocycles. The van der Waals surface area contributed by atoms with E-state index in [9.17, 15) is 5.11 Å². The monoisotopic (exact) mass is 409 g/mol. The molecule has 30 heavy (non-hydrogen) atoms. The van der Waals surface area contributed by atoms with Crippen molar-refractivity contribution in [3.8, 4) is 11.5 Å². The maximum atomic E-state index is 10.6. The van der Waals surface area contributed by atoms with Crippen molar-refractivity contribution in [1.29, 1.82) is 0 Å². The predicted molar refractivity (Wildman–Crippen MR) is 112 cm³/mol. The number of rotatable bonds is 10. The first-order chi connectivity index (χ1) is 14.7. The normalized spacial score (nSPS) is 13.7. The summed E-state index contributed by atoms with van der Waals surface area (Å²) in [5.74, 6) is 3.26. The zero-order valence-electron chi connectivity index (χ0n) is 17.1. The highest BCUT2D eigenvalue weighted by atomic mass is 16.7. The number of benzene rings is 2. The maximum absolute atomic E-state index is 10.6. The molecule has 1 aliphatic heterocycles. The van der Waals surface area contributed by atoms with Crippen LogP contribution in [0.5, 0.6) is 11.5 Å². The summed E-state index contributed by atoms with van der Waals surface area (Å²) in [5, 5.41) is 10.6. The van der Waals surface area contributed by atoms with Crippen molar-refractivity contribution in [3.63, 3.8) is 0 Å². The van der Waals surface area contributed by atoms with Crippen molar-refractivity contribution in [3.05, 3.63) is 83.3 Å². The molecule has 158 valence electrons. The van der Waals surface area contributed by atoms with Crippen molar-refractivity contribution < 1.29 is 23.7 Å². The van der Waals surface area contributed by atoms with Gasteiger partial charge < -0.3 is 23.7 Å². The molecule has 4 rings (SSSR count). The van der Waals surface area contributed by atoms with E-state index in [1.54, 1.807) is 0 Å². The van der Waals surface area contributed by atoms with Crippen LogP contribution in [0, 0.1) is 6.92 Å². The fraction of sp³-hybridized carbons (Fsp3) is 0.333. The van der Waals surface area contributed by atoms with Gasteiger partial charge in [0.1, 0.15) is 11.5 Å². The summed E-state index contributed by atoms with van der Waals surface area (Å²) < 4.78 is 22.3. The highest BCUT2D eigenvalue weighted by Gasteiger charge is 2.18. The molecule has 6 heteroatoms. The molecule has 0 fully saturated rings. The number of aryl methyl sites for hydroxylation is 1. The number of ether oxygens (including phenoxy) is 3. The van der Waals surface area contributed by atoms with Crippen LogP contribution < -0.4 is 9.47 Å². The van der Waals surface area contributed by atoms with Crippen LogP contribution in [-0.4, -0.2) is 36.1 Å². The van der Waals surface area contributed by atoms with Crippen LogP contribution in [0.25, 0.3) is 0 Å². The van der Waals surface area contributed by atoms with E-state index in [1.807, 2.05) is 67.6 Å². The van der Waals surface area contributed by atoms with Crippen LogP contribution in [0.1, 0.15) is 22.6 Å². The Hall–Kier alpha value is -2.80. The van der Waals surface area contributed by atoms with E-state index in [4.69, 9.17) is 18.6 Å². The average Bonchev–Trinajstić information content (AvgIpc) is 3.37. The fourth-order valence-electron chi connectivity index (χ4n) is 3.51. The standard InChI is InChI=1S/C24H27NO5/c1-18-7-9-22(30-18)14-25(12-20-8-10-23-24(11-20)29-17-28-23)13-21(26)16-27-15-19-5-3-2-4-6-19/h2-11,21,26H,12-17H2,1H3. The summed E-state index contributed by atoms with van der Waals surface area (Å²) >= 11 is 0. The first-order valence-corrected chi connectivity index (χ1v) is 10.1. The van der Waals surface area contributed by atoms with Gasteiger partial charge in [-0.25, -0.2) is 0 Å². The van der Waals surface area contributed by atoms with Gasteiger partial charge in [-0.05, 0) is 42.3 Å². The third-order valence-electron chi connectivity index (χ3n) is 4.91. The Bertz CT molecular complexity index is 940. The Kier molecular flexibility index (Phi) is 6.69. The Morgan fingerprint density at radius 1 is 0.967 bits per heavy atom. The minimum Gasteiger partial charge on any atom is -0.465 e. The van der Waals surface area contributed by atoms with Gasteiger partial charge in [0.05, 0.1) is 25.9 Å². The number of fused-ring (bicyclic) bond motifs is 1. The Labute approximate surface area is 176 Å². The van der Waals surface area contributed by atoms with Crippen molar-refractivity contribution >= 4 is 0 Å². The molecule has 0 saturated heterocycles. The predicted octanol–water partition coefficient (Wildman–Crippen LogP) is 3.90. The maximum Gasteiger partial charge on any atom is 0.231 e. The minimum absolute atomic E-state index is 0.256. The van der Waals surface area contributed by atoms with E-state index >= 15 is 0 Å². The van der Waals surface area contributed by atoms with Crippen molar-refractivity contribution in [1.82, 2.24) is 4.90 Å². The van der Waals surface area contributed by atoms with Crippen LogP contribution in [0.15, 0.2) is 65.1 Å². The van der Waals surface area contributed by atoms with Gasteiger partial charge >= 0.3 is 0 Å². The molecular formula is C24H27NO5. The van der Waals surface area contributed by atoms with Crippen LogP contribution >= 0.6 is 0 Å². The molecule has 1 atom stereocenters. The largest absolute Gasteiger partial charge is 0.465 e. The summed E-state index contributed by atoms with van der Waals surface area (Å²) in [6, 6.07) is 19.8. The third kappa shape index (κ3) is 5.63. The van der Waals surface area contributed by atoms with Crippen molar-refractivity contribution in [2.75, 3.05) is 19.9 Å². The molecule has 1 aromatic heterocycles. The number of nitrogens with zero attached hydrogens (tertiary/aromatic N) is 1. The minimum atomic E-state index is -0.612. The first kappa shape index (κ1) is 20.5. The van der Waals surface area contributed by atoms with Gasteiger partial charge in [-0.2, -0.15) is 0 Å². The molecular weight excluding hydrogens is 382 g/mol. The molecule has 6 nitrogen and oxygen atoms in total. The number of aliphatic hydroxyl groups is 1. The van der Waals surface area contributed by atoms with Gasteiger partial charge in [-0.1, -0.05) is 36.4 Å². The number of aliphatic hydroxyl groups excluding tert-OH is 1. The quantitative estimate of drug-likeness (QED) is 0.548. The zero-order chi connectivity index (χ0) is 20.8. The Morgan fingerprint density at radius 2 is 1.80 bits per heavy atom. The molecule has 1 aliphatic rings. The molecule has 0 saturated carbocycles. The summed E-state index contributed by atoms with van der Waals surface area (Å²) in [6.45, 7) is 4.64. The third-order valence-corrected chi connectivity index (χ3v) is 4.91. The molecule has 0 radical (unpaired) electrons. The van der Waals surface area contributed by atoms with E-state index < -0.39 is 6.10 Å². The van der Waals surface area contributed by atoms with Crippen molar-refractivity contribution in [2.24, 2.45) is 0 Å². The van der Waals surface area contributed by atoms with E-state index in [0.717, 1.165) is 34.1 Å². The van der Waals surface area contributed by atoms with Gasteiger partial charge in [0.2, 0.25) is 6.79 Å². The smallest absolute Gasteiger partial charge is 0.231 e. The van der Waals surface area contributed by atoms with E-state index in [2.05, 4.69) is 4.90 Å². The van der Waals surface area contributed by atoms with E-state index in [1.165, 1.54) is 0 Å². The van der Waals surface area contributed by atoms with Gasteiger partial charge in [-0.15, -0.1) is 0 Å². The van der Waals surface area contributed by atoms with Crippen LogP contribution in [0.2, 0.25) is 0 Å². The van der Waals surface area contributed by atoms with E-state index in [-0.39, 0.29) is 13.4 Å². The van der Waals surface area contributed by atoms with Gasteiger partial charge in [-0.3, -0.25) is 4.90 Å². The lowest BCUT2D eigenvalue weighted by Crippen LogP contribution is -2.34. The van der Waals surface area contributed by atoms with Crippen LogP contribution in [0.4, 0.5) is 0 Å². The molecule has 0 aliphatic carbocycles. The Morgan fingerprint density at radius 3 is 2.60 bits per heavy atom. The fourth-order valence-corrected chi connectivity index (χ4v) is 3.51. The lowest BCUT2D eigenvalue weighted by molar-refractivity contribution is 0.00610. The summed E-state index contributed by atoms with van der Waals surface area (Å²) in [5.41, 5.74) is 2.17. The Balaban J connectivity index is 1.36. The lowest BCUT2D eigenvalue weighted by atomic mass is 10.1. The van der Waals surface area contributed by atoms with E-state index in [0.29, 0.717) is 26.2 Å². The van der Waals surface area contributed by atoms with Gasteiger partial charge in [0, 0.05) is 13.1 Å². The second-order valence-corrected chi connectivity index (χ2v) is 7.52. The SMILES string of the molecule is Cc1ccc(CN(Cc2ccc3c(c2)OCO3)CC(O)COCc2ccccc2)o1. The van der Waals surface area contributed by atoms with Gasteiger partial charge in [0.25, 0.3) is 0 Å². The van der Waals surface area contributed by atoms with Gasteiger partial charge in [0.15, 0.2) is 11.5 Å². The summed E-state index contributed by atoms with van der Waals surface area (Å²) in [6.07, 6.45) is -0.612.